The SMILES string of the molecule is CC/C(=C(\c1ccc(O[B]O)cc1)c1ccc(N2CCN(CCN3CCN(c4ccc5c(c4)CN(C4CCC(=O)NC4=O)C5=O)CC3)CC2)cc1)c1ccccc1. The molecule has 0 saturated carbocycles. The van der Waals surface area contributed by atoms with E-state index in [1.165, 1.54) is 28.0 Å². The Bertz CT molecular complexity index is 2090. The van der Waals surface area contributed by atoms with Crippen molar-refractivity contribution < 1.29 is 24.1 Å². The number of amides is 3. The number of allylic oxidation sites excluding steroid dienone is 1. The molecule has 12 heteroatoms. The molecule has 1 atom stereocenters. The predicted octanol–water partition coefficient (Wildman–Crippen LogP) is 4.67. The topological polar surface area (TPSA) is 109 Å². The summed E-state index contributed by atoms with van der Waals surface area (Å²) in [6.45, 7) is 12.6. The lowest BCUT2D eigenvalue weighted by atomic mass is 9.88. The predicted molar refractivity (Wildman–Crippen MR) is 224 cm³/mol. The molecule has 0 aromatic heterocycles. The van der Waals surface area contributed by atoms with E-state index in [4.69, 9.17) is 9.68 Å². The Morgan fingerprint density at radius 1 is 0.737 bits per heavy atom. The lowest BCUT2D eigenvalue weighted by molar-refractivity contribution is -0.136. The van der Waals surface area contributed by atoms with Gasteiger partial charge in [0, 0.05) is 95.4 Å². The summed E-state index contributed by atoms with van der Waals surface area (Å²) in [5.74, 6) is -0.190. The van der Waals surface area contributed by atoms with Gasteiger partial charge < -0.3 is 24.4 Å². The van der Waals surface area contributed by atoms with Crippen LogP contribution >= 0.6 is 0 Å². The van der Waals surface area contributed by atoms with Gasteiger partial charge in [-0.1, -0.05) is 61.5 Å². The zero-order chi connectivity index (χ0) is 39.3. The molecular weight excluding hydrogens is 715 g/mol. The zero-order valence-electron chi connectivity index (χ0n) is 32.6. The van der Waals surface area contributed by atoms with Crippen LogP contribution in [0.1, 0.15) is 58.8 Å². The first-order valence-corrected chi connectivity index (χ1v) is 20.2. The van der Waals surface area contributed by atoms with Gasteiger partial charge in [-0.25, -0.2) is 0 Å². The summed E-state index contributed by atoms with van der Waals surface area (Å²) in [5, 5.41) is 11.5. The molecule has 0 bridgehead atoms. The van der Waals surface area contributed by atoms with Crippen LogP contribution in [0.3, 0.4) is 0 Å². The molecule has 11 nitrogen and oxygen atoms in total. The number of rotatable bonds is 12. The Labute approximate surface area is 335 Å². The van der Waals surface area contributed by atoms with E-state index in [1.54, 1.807) is 4.90 Å². The monoisotopic (exact) mass is 765 g/mol. The van der Waals surface area contributed by atoms with Crippen LogP contribution in [0.4, 0.5) is 11.4 Å². The summed E-state index contributed by atoms with van der Waals surface area (Å²) >= 11 is 0. The molecule has 3 fully saturated rings. The maximum absolute atomic E-state index is 13.1. The summed E-state index contributed by atoms with van der Waals surface area (Å²) in [4.78, 5) is 48.9. The van der Waals surface area contributed by atoms with Crippen LogP contribution in [0.2, 0.25) is 0 Å². The maximum atomic E-state index is 13.1. The van der Waals surface area contributed by atoms with Crippen LogP contribution in [0.5, 0.6) is 5.75 Å². The van der Waals surface area contributed by atoms with E-state index >= 15 is 0 Å². The molecule has 3 amide bonds. The minimum Gasteiger partial charge on any atom is -0.537 e. The number of piperazine rings is 2. The molecule has 0 aliphatic carbocycles. The summed E-state index contributed by atoms with van der Waals surface area (Å²) in [6, 6.07) is 32.9. The number of carbonyl (C=O) groups excluding carboxylic acids is 3. The van der Waals surface area contributed by atoms with Crippen molar-refractivity contribution in [2.45, 2.75) is 38.8 Å². The van der Waals surface area contributed by atoms with Gasteiger partial charge in [-0.2, -0.15) is 0 Å². The number of nitrogens with zero attached hydrogens (tertiary/aromatic N) is 5. The molecule has 4 aromatic carbocycles. The number of imide groups is 1. The summed E-state index contributed by atoms with van der Waals surface area (Å²) in [5.41, 5.74) is 9.92. The van der Waals surface area contributed by atoms with E-state index in [1.807, 2.05) is 24.3 Å². The van der Waals surface area contributed by atoms with Crippen LogP contribution in [0, 0.1) is 0 Å². The Hall–Kier alpha value is -5.43. The smallest absolute Gasteiger partial charge is 0.537 e. The number of carbonyl (C=O) groups is 3. The van der Waals surface area contributed by atoms with Crippen LogP contribution in [0.15, 0.2) is 97.1 Å². The average Bonchev–Trinajstić information content (AvgIpc) is 3.58. The minimum atomic E-state index is -0.593. The van der Waals surface area contributed by atoms with E-state index in [2.05, 4.69) is 105 Å². The maximum Gasteiger partial charge on any atom is 0.569 e. The summed E-state index contributed by atoms with van der Waals surface area (Å²) in [7, 11) is 0.709. The van der Waals surface area contributed by atoms with Crippen molar-refractivity contribution in [2.24, 2.45) is 0 Å². The second-order valence-electron chi connectivity index (χ2n) is 15.3. The third-order valence-electron chi connectivity index (χ3n) is 12.0. The fourth-order valence-corrected chi connectivity index (χ4v) is 8.78. The van der Waals surface area contributed by atoms with Crippen molar-refractivity contribution in [3.05, 3.63) is 125 Å². The van der Waals surface area contributed by atoms with Gasteiger partial charge in [-0.05, 0) is 88.7 Å². The molecule has 57 heavy (non-hydrogen) atoms. The van der Waals surface area contributed by atoms with E-state index in [0.29, 0.717) is 32.0 Å². The van der Waals surface area contributed by atoms with Gasteiger partial charge in [0.2, 0.25) is 11.8 Å². The molecule has 3 saturated heterocycles. The summed E-state index contributed by atoms with van der Waals surface area (Å²) < 4.78 is 5.19. The third kappa shape index (κ3) is 8.49. The molecule has 1 unspecified atom stereocenters. The highest BCUT2D eigenvalue weighted by Crippen LogP contribution is 2.36. The van der Waals surface area contributed by atoms with E-state index in [9.17, 15) is 14.4 Å². The van der Waals surface area contributed by atoms with Crippen molar-refractivity contribution >= 4 is 47.9 Å². The number of hydrogen-bond donors (Lipinski definition) is 2. The van der Waals surface area contributed by atoms with Crippen molar-refractivity contribution in [3.8, 4) is 5.75 Å². The molecule has 293 valence electrons. The second kappa shape index (κ2) is 17.4. The normalized spacial score (nSPS) is 19.6. The fraction of sp³-hybridized carbons (Fsp3) is 0.356. The van der Waals surface area contributed by atoms with Gasteiger partial charge in [0.15, 0.2) is 0 Å². The Kier molecular flexibility index (Phi) is 11.7. The first-order valence-electron chi connectivity index (χ1n) is 20.2. The highest BCUT2D eigenvalue weighted by Gasteiger charge is 2.39. The Balaban J connectivity index is 0.829. The first kappa shape index (κ1) is 38.4. The fourth-order valence-electron chi connectivity index (χ4n) is 8.78. The van der Waals surface area contributed by atoms with Gasteiger partial charge in [0.1, 0.15) is 11.8 Å². The second-order valence-corrected chi connectivity index (χ2v) is 15.3. The summed E-state index contributed by atoms with van der Waals surface area (Å²) in [6.07, 6.45) is 1.51. The molecule has 4 heterocycles. The molecule has 2 N–H and O–H groups in total. The van der Waals surface area contributed by atoms with Crippen LogP contribution in [-0.4, -0.2) is 117 Å². The molecule has 1 radical (unpaired) electrons. The molecule has 4 aliphatic rings. The van der Waals surface area contributed by atoms with Crippen LogP contribution in [0.25, 0.3) is 11.1 Å². The molecule has 0 spiro atoms. The van der Waals surface area contributed by atoms with Gasteiger partial charge in [0.05, 0.1) is 0 Å². The lowest BCUT2D eigenvalue weighted by Crippen LogP contribution is -2.52. The molecular formula is C45H50BN6O5. The first-order chi connectivity index (χ1) is 27.9. The number of hydrogen-bond acceptors (Lipinski definition) is 9. The zero-order valence-corrected chi connectivity index (χ0v) is 32.6. The highest BCUT2D eigenvalue weighted by molar-refractivity contribution is 6.17. The number of anilines is 2. The van der Waals surface area contributed by atoms with Crippen molar-refractivity contribution in [3.63, 3.8) is 0 Å². The Morgan fingerprint density at radius 3 is 1.93 bits per heavy atom. The standard InChI is InChI=1S/C45H50BN6O5/c1-2-39(32-6-4-3-5-7-32)43(34-10-15-38(16-11-34)57-46-56)33-8-12-36(13-9-33)50-26-22-48(23-27-50)20-21-49-24-28-51(29-25-49)37-14-17-40-35(30-37)31-52(45(40)55)41-18-19-42(53)47-44(41)54/h3-17,30,41,56H,2,18-29,31H2,1H3,(H,47,53,54)/b43-39+. The number of benzene rings is 4. The van der Waals surface area contributed by atoms with Gasteiger partial charge in [-0.3, -0.25) is 29.5 Å². The number of fused-ring (bicyclic) bond motifs is 1. The van der Waals surface area contributed by atoms with Crippen molar-refractivity contribution in [1.29, 1.82) is 0 Å². The van der Waals surface area contributed by atoms with E-state index in [-0.39, 0.29) is 24.1 Å². The van der Waals surface area contributed by atoms with Crippen LogP contribution < -0.4 is 19.8 Å². The van der Waals surface area contributed by atoms with Crippen LogP contribution in [-0.2, 0) is 16.1 Å². The lowest BCUT2D eigenvalue weighted by Gasteiger charge is -2.39. The minimum absolute atomic E-state index is 0.130. The average molecular weight is 766 g/mol. The number of piperidine rings is 1. The van der Waals surface area contributed by atoms with Gasteiger partial charge in [-0.15, -0.1) is 0 Å². The molecule has 4 aliphatic heterocycles. The van der Waals surface area contributed by atoms with Crippen molar-refractivity contribution in [1.82, 2.24) is 20.0 Å². The van der Waals surface area contributed by atoms with Gasteiger partial charge in [0.25, 0.3) is 5.91 Å². The van der Waals surface area contributed by atoms with E-state index < -0.39 is 6.04 Å². The van der Waals surface area contributed by atoms with Gasteiger partial charge >= 0.3 is 7.69 Å². The van der Waals surface area contributed by atoms with E-state index in [0.717, 1.165) is 88.7 Å². The third-order valence-corrected chi connectivity index (χ3v) is 12.0. The molecule has 8 rings (SSSR count). The largest absolute Gasteiger partial charge is 0.569 e. The number of nitrogens with one attached hydrogen (secondary N) is 1. The quantitative estimate of drug-likeness (QED) is 0.121. The van der Waals surface area contributed by atoms with Crippen molar-refractivity contribution in [2.75, 3.05) is 75.2 Å². The molecule has 4 aromatic rings. The Morgan fingerprint density at radius 2 is 1.33 bits per heavy atom. The highest BCUT2D eigenvalue weighted by atomic mass is 16.5.